The molecule has 1 atom stereocenters. The third-order valence-corrected chi connectivity index (χ3v) is 26.5. The van der Waals surface area contributed by atoms with Crippen LogP contribution in [0.1, 0.15) is 11.1 Å². The average molecular weight is 1920 g/mol. The van der Waals surface area contributed by atoms with Crippen molar-refractivity contribution in [2.75, 3.05) is 24.5 Å². The second-order valence-corrected chi connectivity index (χ2v) is 35.7. The number of benzene rings is 20. The molecule has 147 heavy (non-hydrogen) atoms. The predicted molar refractivity (Wildman–Crippen MR) is 644 cm³/mol. The van der Waals surface area contributed by atoms with Crippen molar-refractivity contribution in [3.05, 3.63) is 641 Å². The zero-order chi connectivity index (χ0) is 103. The Labute approximate surface area is 869 Å². The molecule has 21 rings (SSSR count). The fourth-order valence-corrected chi connectivity index (χ4v) is 19.5. The smallest absolute Gasteiger partial charge is 0.0540 e. The lowest BCUT2D eigenvalue weighted by Gasteiger charge is -2.32. The Morgan fingerprint density at radius 3 is 1.29 bits per heavy atom. The highest BCUT2D eigenvalue weighted by Gasteiger charge is 2.27. The molecule has 1 aliphatic carbocycles. The second-order valence-electron chi connectivity index (χ2n) is 35.7. The molecular formula is C140H115N6P. The van der Waals surface area contributed by atoms with Gasteiger partial charge in [0.05, 0.1) is 8.24 Å². The maximum absolute atomic E-state index is 5.90. The zero-order valence-electron chi connectivity index (χ0n) is 84.4. The van der Waals surface area contributed by atoms with E-state index >= 15 is 0 Å². The molecule has 0 bridgehead atoms. The molecule has 1 unspecified atom stereocenters. The van der Waals surface area contributed by atoms with Crippen LogP contribution in [0.4, 0.5) is 56.9 Å². The van der Waals surface area contributed by atoms with Crippen LogP contribution in [0.25, 0.3) is 123 Å². The maximum atomic E-state index is 5.90. The molecule has 0 N–H and O–H groups in total. The lowest BCUT2D eigenvalue weighted by Crippen LogP contribution is -2.23. The van der Waals surface area contributed by atoms with Gasteiger partial charge < -0.3 is 29.4 Å². The summed E-state index contributed by atoms with van der Waals surface area (Å²) in [6.45, 7) is 38.4. The van der Waals surface area contributed by atoms with E-state index in [9.17, 15) is 0 Å². The van der Waals surface area contributed by atoms with Crippen molar-refractivity contribution in [1.82, 2.24) is 4.90 Å². The van der Waals surface area contributed by atoms with E-state index in [0.29, 0.717) is 5.70 Å². The van der Waals surface area contributed by atoms with Crippen molar-refractivity contribution in [1.29, 1.82) is 2.56 Å². The van der Waals surface area contributed by atoms with Gasteiger partial charge in [-0.1, -0.05) is 411 Å². The highest BCUT2D eigenvalue weighted by atomic mass is 31.0. The Balaban J connectivity index is 0.000000155. The first-order chi connectivity index (χ1) is 73.3. The Hall–Kier alpha value is -18.7. The lowest BCUT2D eigenvalue weighted by atomic mass is 9.84. The van der Waals surface area contributed by atoms with Crippen LogP contribution in [0.3, 0.4) is 0 Å². The molecular weight excluding hydrogens is 1800 g/mol. The fraction of sp³-hybridized carbons (Fsp3) is 0.0143. The number of aryl methyl sites for hydroxylation is 2. The molecule has 0 saturated carbocycles. The summed E-state index contributed by atoms with van der Waals surface area (Å²) in [5.74, 6) is 0. The van der Waals surface area contributed by atoms with E-state index in [2.05, 4.69) is 455 Å². The lowest BCUT2D eigenvalue weighted by molar-refractivity contribution is 0.664. The number of hydrogen-bond acceptors (Lipinski definition) is 6. The normalized spacial score (nSPS) is 12.3. The van der Waals surface area contributed by atoms with E-state index < -0.39 is 9.79 Å². The van der Waals surface area contributed by atoms with E-state index in [0.717, 1.165) is 108 Å². The number of anilines is 10. The highest BCUT2D eigenvalue weighted by molar-refractivity contribution is 6.92. The van der Waals surface area contributed by atoms with Crippen molar-refractivity contribution in [2.24, 2.45) is 0 Å². The van der Waals surface area contributed by atoms with Crippen molar-refractivity contribution in [3.63, 3.8) is 0 Å². The second kappa shape index (κ2) is 46.8. The quantitative estimate of drug-likeness (QED) is 0.0192. The van der Waals surface area contributed by atoms with Crippen LogP contribution >= 0.6 is 9.79 Å². The first kappa shape index (κ1) is 95.8. The third-order valence-electron chi connectivity index (χ3n) is 26.5. The number of fused-ring (bicyclic) bond motifs is 5. The highest BCUT2D eigenvalue weighted by Crippen LogP contribution is 2.50. The summed E-state index contributed by atoms with van der Waals surface area (Å²) in [5.41, 5.74) is 22.5. The van der Waals surface area contributed by atoms with Gasteiger partial charge in [0.15, 0.2) is 0 Å². The predicted octanol–water partition coefficient (Wildman–Crippen LogP) is 34.8. The van der Waals surface area contributed by atoms with Crippen LogP contribution in [0.5, 0.6) is 0 Å². The Bertz CT molecular complexity index is 8620. The van der Waals surface area contributed by atoms with E-state index in [1.807, 2.05) is 168 Å². The number of hydrogen-bond donors (Lipinski definition) is 0. The molecule has 0 aliphatic heterocycles. The summed E-state index contributed by atoms with van der Waals surface area (Å²) in [6.07, 6.45) is 37.0. The number of rotatable bonds is 30. The molecule has 6 nitrogen and oxygen atoms in total. The molecule has 710 valence electrons. The minimum atomic E-state index is -0.417. The molecule has 0 spiro atoms. The van der Waals surface area contributed by atoms with Gasteiger partial charge in [0.25, 0.3) is 0 Å². The largest absolute Gasteiger partial charge is 0.324 e. The topological polar surface area (TPSA) is 19.4 Å². The minimum absolute atomic E-state index is 0.417. The number of allylic oxidation sites excluding steroid dienone is 14. The van der Waals surface area contributed by atoms with Crippen LogP contribution < -0.4 is 45.4 Å². The molecule has 0 saturated heterocycles. The monoisotopic (exact) mass is 1910 g/mol. The van der Waals surface area contributed by atoms with Gasteiger partial charge in [-0.25, -0.2) is 0 Å². The van der Waals surface area contributed by atoms with Gasteiger partial charge in [0, 0.05) is 104 Å². The standard InChI is InChI=1S/C66H58N4.C40H32N2.C34H22.H3P/c1-8-10-11-24-47-67(56(7)50-59-31-21-19-28-53(59)4)48-26-38-61(9-2)69(55(6)40-39-54(5)68(62-34-14-12-15-35-62)49-25-33-57-29-20-18-27-52(57)3)64-43-45-65(46-44-64)70(63-36-16-13-17-37-63)66-42-41-58-30-22-23-32-60(58)51-66;1-3-4-14-29(2)41(32-15-8-5-9-16-32)37-27-23-30-22-26-36-38(28-24-31-21-25-35(37)39(30)40(31)36)42(33-17-10-6-11-18-33)34-19-12-7-13-20-34;1-3-11-25-21-27(19-17-23(25)9-1)33-29-13-5-7-15-31(29)34(32-16-8-6-14-30(32)33)28-20-18-24-10-2-4-12-26(24)22-28;/h8-51H,1-7H2;3-21,23-25,27-28H,1-2,22,26H2;1-22H;1H3/b11-10-,40-39-,47-24+,48-26+,49-25+,57-33-,59-50-,61-38+;14-4-;;/i;;;1TD. The van der Waals surface area contributed by atoms with Crippen LogP contribution in [0, 0.1) is 0 Å². The minimum Gasteiger partial charge on any atom is -0.324 e. The first-order valence-corrected chi connectivity index (χ1v) is 49.3. The molecule has 0 aromatic heterocycles. The van der Waals surface area contributed by atoms with Crippen molar-refractivity contribution in [3.8, 4) is 22.3 Å². The van der Waals surface area contributed by atoms with Crippen molar-refractivity contribution in [2.45, 2.75) is 12.8 Å². The van der Waals surface area contributed by atoms with Gasteiger partial charge in [-0.3, -0.25) is 0 Å². The first-order valence-electron chi connectivity index (χ1n) is 50.3. The summed E-state index contributed by atoms with van der Waals surface area (Å²) in [4.78, 5) is 13.0. The van der Waals surface area contributed by atoms with Crippen LogP contribution in [0.2, 0.25) is 0 Å². The van der Waals surface area contributed by atoms with Crippen molar-refractivity contribution >= 4 is 167 Å². The Morgan fingerprint density at radius 1 is 0.313 bits per heavy atom. The maximum Gasteiger partial charge on any atom is 0.0540 e. The average Bonchev–Trinajstić information content (AvgIpc) is 0.726. The molecule has 1 aliphatic rings. The van der Waals surface area contributed by atoms with Gasteiger partial charge in [-0.05, 0) is 313 Å². The van der Waals surface area contributed by atoms with Crippen LogP contribution in [-0.4, -0.2) is 7.46 Å². The summed E-state index contributed by atoms with van der Waals surface area (Å²) in [7, 11) is -0.417. The Morgan fingerprint density at radius 2 is 0.748 bits per heavy atom. The van der Waals surface area contributed by atoms with E-state index in [1.165, 1.54) is 114 Å². The molecule has 20 aromatic rings. The van der Waals surface area contributed by atoms with Gasteiger partial charge in [0.1, 0.15) is 0 Å². The number of nitrogens with zero attached hydrogens (tertiary/aromatic N) is 6. The molecule has 0 heterocycles. The molecule has 20 aromatic carbocycles. The SMILES string of the molecule is C=C/C=C\C(=C)N(c1ccccc1)c1ccc2c3c1ccc1ccc(N(c4ccccc4)c4ccccc4)c(c13)CC2.C=C/C=C\C=C\N(/C=C/C=C(\C=C)N(C(=C)/C=C\C(=C)N(/C=C/C=c1/ccccc1=C)c1ccccc1)c1ccc(N(c2ccccc2)c2ccc3ccccc3c2)cc1)C(=C)/C=c1/ccccc1=C.[2H]P[3H].c1ccc2cc(-c3c4ccccc4c(-c4ccc5ccccc5c4)c4ccccc34)ccc2c1. The molecule has 0 fully saturated rings. The van der Waals surface area contributed by atoms with E-state index in [4.69, 9.17) is 2.56 Å². The van der Waals surface area contributed by atoms with Crippen molar-refractivity contribution < 1.29 is 0 Å². The third kappa shape index (κ3) is 22.2. The molecule has 7 heteroatoms. The van der Waals surface area contributed by atoms with Gasteiger partial charge in [-0.15, -0.1) is 0 Å². The number of para-hydroxylation sites is 5. The molecule has 0 radical (unpaired) electrons. The van der Waals surface area contributed by atoms with Crippen LogP contribution in [0.15, 0.2) is 609 Å². The van der Waals surface area contributed by atoms with Gasteiger partial charge in [0.2, 0.25) is 0 Å². The summed E-state index contributed by atoms with van der Waals surface area (Å²) in [5, 5.41) is 21.7. The van der Waals surface area contributed by atoms with Crippen LogP contribution in [-0.2, 0) is 12.8 Å². The zero-order valence-corrected chi connectivity index (χ0v) is 83.4. The Kier molecular flexibility index (Phi) is 30.5. The summed E-state index contributed by atoms with van der Waals surface area (Å²) < 4.78 is 11.8. The van der Waals surface area contributed by atoms with Gasteiger partial charge >= 0.3 is 0 Å². The summed E-state index contributed by atoms with van der Waals surface area (Å²) in [6, 6.07) is 154. The van der Waals surface area contributed by atoms with Gasteiger partial charge in [-0.2, -0.15) is 9.79 Å². The van der Waals surface area contributed by atoms with E-state index in [1.54, 1.807) is 12.2 Å². The summed E-state index contributed by atoms with van der Waals surface area (Å²) >= 11 is 0. The van der Waals surface area contributed by atoms with E-state index in [-0.39, 0.29) is 0 Å². The molecule has 0 amide bonds. The fourth-order valence-electron chi connectivity index (χ4n) is 19.5.